The first-order valence-corrected chi connectivity index (χ1v) is 7.37. The van der Waals surface area contributed by atoms with Crippen LogP contribution in [0.4, 0.5) is 5.69 Å². The molecule has 20 heavy (non-hydrogen) atoms. The molecule has 0 unspecified atom stereocenters. The first kappa shape index (κ1) is 14.9. The van der Waals surface area contributed by atoms with E-state index < -0.39 is 0 Å². The van der Waals surface area contributed by atoms with E-state index in [-0.39, 0.29) is 0 Å². The molecule has 0 aliphatic rings. The lowest BCUT2D eigenvalue weighted by Gasteiger charge is -2.13. The normalized spacial score (nSPS) is 10.2. The number of hydrogen-bond acceptors (Lipinski definition) is 2. The zero-order chi connectivity index (χ0) is 14.7. The molecule has 0 saturated heterocycles. The van der Waals surface area contributed by atoms with E-state index in [0.29, 0.717) is 17.1 Å². The van der Waals surface area contributed by atoms with Crippen molar-refractivity contribution in [1.82, 2.24) is 0 Å². The van der Waals surface area contributed by atoms with Gasteiger partial charge in [0, 0.05) is 16.0 Å². The minimum Gasteiger partial charge on any atom is -0.380 e. The number of aryl methyl sites for hydroxylation is 2. The van der Waals surface area contributed by atoms with Gasteiger partial charge in [-0.25, -0.2) is 0 Å². The van der Waals surface area contributed by atoms with Gasteiger partial charge in [-0.2, -0.15) is 5.26 Å². The number of nitrogens with one attached hydrogen (secondary N) is 1. The smallest absolute Gasteiger partial charge is 0.0992 e. The second-order valence-electron chi connectivity index (χ2n) is 4.71. The van der Waals surface area contributed by atoms with Crippen molar-refractivity contribution in [2.24, 2.45) is 0 Å². The van der Waals surface area contributed by atoms with Gasteiger partial charge in [0.25, 0.3) is 0 Å². The highest BCUT2D eigenvalue weighted by Crippen LogP contribution is 2.29. The van der Waals surface area contributed by atoms with Crippen LogP contribution in [0.15, 0.2) is 34.8 Å². The molecular weight excluding hydrogens is 336 g/mol. The fraction of sp³-hybridized carbons (Fsp3) is 0.188. The molecule has 0 atom stereocenters. The summed E-state index contributed by atoms with van der Waals surface area (Å²) >= 11 is 9.75. The summed E-state index contributed by atoms with van der Waals surface area (Å²) in [5.74, 6) is 0. The summed E-state index contributed by atoms with van der Waals surface area (Å²) in [6.45, 7) is 4.76. The molecule has 0 saturated carbocycles. The van der Waals surface area contributed by atoms with Crippen LogP contribution in [0.25, 0.3) is 0 Å². The van der Waals surface area contributed by atoms with E-state index in [0.717, 1.165) is 15.7 Å². The third-order valence-electron chi connectivity index (χ3n) is 3.07. The largest absolute Gasteiger partial charge is 0.380 e. The first-order chi connectivity index (χ1) is 9.51. The van der Waals surface area contributed by atoms with E-state index in [2.05, 4.69) is 53.3 Å². The number of nitrogens with zero attached hydrogens (tertiary/aromatic N) is 1. The number of anilines is 1. The Morgan fingerprint density at radius 3 is 2.60 bits per heavy atom. The summed E-state index contributed by atoms with van der Waals surface area (Å²) in [6.07, 6.45) is 0. The Kier molecular flexibility index (Phi) is 4.69. The van der Waals surface area contributed by atoms with Gasteiger partial charge in [0.2, 0.25) is 0 Å². The molecule has 2 aromatic carbocycles. The molecule has 0 fully saturated rings. The monoisotopic (exact) mass is 348 g/mol. The molecule has 2 nitrogen and oxygen atoms in total. The average molecular weight is 350 g/mol. The Morgan fingerprint density at radius 2 is 2.00 bits per heavy atom. The van der Waals surface area contributed by atoms with Crippen LogP contribution in [0.1, 0.15) is 22.3 Å². The Labute approximate surface area is 132 Å². The zero-order valence-corrected chi connectivity index (χ0v) is 13.6. The molecule has 1 N–H and O–H groups in total. The van der Waals surface area contributed by atoms with Gasteiger partial charge >= 0.3 is 0 Å². The molecule has 0 bridgehead atoms. The molecule has 0 radical (unpaired) electrons. The van der Waals surface area contributed by atoms with Crippen molar-refractivity contribution in [2.45, 2.75) is 20.4 Å². The topological polar surface area (TPSA) is 35.8 Å². The highest BCUT2D eigenvalue weighted by Gasteiger charge is 2.07. The summed E-state index contributed by atoms with van der Waals surface area (Å²) in [4.78, 5) is 0. The highest BCUT2D eigenvalue weighted by molar-refractivity contribution is 9.10. The molecule has 2 aromatic rings. The van der Waals surface area contributed by atoms with E-state index in [1.54, 1.807) is 12.1 Å². The molecule has 0 heterocycles. The quantitative estimate of drug-likeness (QED) is 0.826. The van der Waals surface area contributed by atoms with E-state index in [9.17, 15) is 0 Å². The number of hydrogen-bond donors (Lipinski definition) is 1. The Balaban J connectivity index is 2.20. The van der Waals surface area contributed by atoms with Crippen LogP contribution in [-0.2, 0) is 6.54 Å². The van der Waals surface area contributed by atoms with Crippen molar-refractivity contribution >= 4 is 33.2 Å². The highest BCUT2D eigenvalue weighted by atomic mass is 79.9. The van der Waals surface area contributed by atoms with Gasteiger partial charge in [-0.1, -0.05) is 23.7 Å². The van der Waals surface area contributed by atoms with Crippen molar-refractivity contribution < 1.29 is 0 Å². The van der Waals surface area contributed by atoms with Crippen LogP contribution < -0.4 is 5.32 Å². The third kappa shape index (κ3) is 3.33. The molecule has 0 aliphatic heterocycles. The van der Waals surface area contributed by atoms with Crippen molar-refractivity contribution in [1.29, 1.82) is 5.26 Å². The lowest BCUT2D eigenvalue weighted by molar-refractivity contribution is 1.13. The molecule has 0 aliphatic carbocycles. The van der Waals surface area contributed by atoms with Crippen LogP contribution in [0, 0.1) is 25.2 Å². The number of rotatable bonds is 3. The Bertz CT molecular complexity index is 666. The lowest BCUT2D eigenvalue weighted by atomic mass is 10.1. The van der Waals surface area contributed by atoms with Gasteiger partial charge in [-0.15, -0.1) is 0 Å². The second kappa shape index (κ2) is 6.30. The maximum atomic E-state index is 8.83. The van der Waals surface area contributed by atoms with Gasteiger partial charge in [-0.3, -0.25) is 0 Å². The number of nitriles is 1. The minimum atomic E-state index is 0.575. The van der Waals surface area contributed by atoms with Crippen LogP contribution >= 0.6 is 27.5 Å². The van der Waals surface area contributed by atoms with Crippen molar-refractivity contribution in [2.75, 3.05) is 5.32 Å². The van der Waals surface area contributed by atoms with E-state index in [4.69, 9.17) is 16.9 Å². The van der Waals surface area contributed by atoms with E-state index in [1.807, 2.05) is 6.07 Å². The summed E-state index contributed by atoms with van der Waals surface area (Å²) < 4.78 is 1.04. The third-order valence-corrected chi connectivity index (χ3v) is 4.05. The molecular formula is C16H14BrClN2. The summed E-state index contributed by atoms with van der Waals surface area (Å²) in [6, 6.07) is 11.6. The minimum absolute atomic E-state index is 0.575. The molecule has 0 amide bonds. The van der Waals surface area contributed by atoms with Crippen molar-refractivity contribution in [3.05, 3.63) is 62.1 Å². The first-order valence-electron chi connectivity index (χ1n) is 6.20. The van der Waals surface area contributed by atoms with Crippen LogP contribution in [0.5, 0.6) is 0 Å². The summed E-state index contributed by atoms with van der Waals surface area (Å²) in [5, 5.41) is 12.8. The summed E-state index contributed by atoms with van der Waals surface area (Å²) in [5.41, 5.74) is 5.01. The van der Waals surface area contributed by atoms with Crippen LogP contribution in [0.3, 0.4) is 0 Å². The van der Waals surface area contributed by atoms with Crippen molar-refractivity contribution in [3.8, 4) is 6.07 Å². The molecule has 2 rings (SSSR count). The molecule has 4 heteroatoms. The van der Waals surface area contributed by atoms with Gasteiger partial charge < -0.3 is 5.32 Å². The standard InChI is InChI=1S/C16H14BrClN2/c1-10-5-11(2)16(14(17)6-10)20-9-13-4-3-12(8-19)7-15(13)18/h3-7,20H,9H2,1-2H3. The molecule has 0 spiro atoms. The number of halogens is 2. The van der Waals surface area contributed by atoms with E-state index >= 15 is 0 Å². The second-order valence-corrected chi connectivity index (χ2v) is 5.97. The van der Waals surface area contributed by atoms with Gasteiger partial charge in [-0.05, 0) is 64.7 Å². The maximum absolute atomic E-state index is 8.83. The summed E-state index contributed by atoms with van der Waals surface area (Å²) in [7, 11) is 0. The molecule has 102 valence electrons. The fourth-order valence-corrected chi connectivity index (χ4v) is 3.14. The van der Waals surface area contributed by atoms with Gasteiger partial charge in [0.15, 0.2) is 0 Å². The zero-order valence-electron chi connectivity index (χ0n) is 11.3. The Hall–Kier alpha value is -1.50. The molecule has 0 aromatic heterocycles. The van der Waals surface area contributed by atoms with E-state index in [1.165, 1.54) is 11.1 Å². The maximum Gasteiger partial charge on any atom is 0.0992 e. The van der Waals surface area contributed by atoms with Crippen molar-refractivity contribution in [3.63, 3.8) is 0 Å². The average Bonchev–Trinajstić information content (AvgIpc) is 2.39. The van der Waals surface area contributed by atoms with Crippen LogP contribution in [-0.4, -0.2) is 0 Å². The number of benzene rings is 2. The lowest BCUT2D eigenvalue weighted by Crippen LogP contribution is -2.03. The Morgan fingerprint density at radius 1 is 1.25 bits per heavy atom. The predicted octanol–water partition coefficient (Wildman–Crippen LogP) is 5.20. The fourth-order valence-electron chi connectivity index (χ4n) is 2.08. The van der Waals surface area contributed by atoms with Gasteiger partial charge in [0.05, 0.1) is 17.3 Å². The van der Waals surface area contributed by atoms with Crippen LogP contribution in [0.2, 0.25) is 5.02 Å². The predicted molar refractivity (Wildman–Crippen MR) is 87.1 cm³/mol. The van der Waals surface area contributed by atoms with Gasteiger partial charge in [0.1, 0.15) is 0 Å². The SMILES string of the molecule is Cc1cc(C)c(NCc2ccc(C#N)cc2Cl)c(Br)c1.